The van der Waals surface area contributed by atoms with Crippen molar-refractivity contribution in [2.24, 2.45) is 5.73 Å². The number of rotatable bonds is 5. The van der Waals surface area contributed by atoms with E-state index in [0.29, 0.717) is 23.8 Å². The van der Waals surface area contributed by atoms with E-state index >= 15 is 0 Å². The monoisotopic (exact) mass is 283 g/mol. The average molecular weight is 283 g/mol. The van der Waals surface area contributed by atoms with Crippen LogP contribution in [0.5, 0.6) is 0 Å². The first-order valence-electron chi connectivity index (χ1n) is 7.15. The Morgan fingerprint density at radius 3 is 2.89 bits per heavy atom. The molecule has 1 aromatic rings. The van der Waals surface area contributed by atoms with Crippen LogP contribution in [-0.4, -0.2) is 28.6 Å². The summed E-state index contributed by atoms with van der Waals surface area (Å²) < 4.78 is 11.1. The Morgan fingerprint density at radius 2 is 2.21 bits per heavy atom. The van der Waals surface area contributed by atoms with Crippen molar-refractivity contribution in [3.8, 4) is 0 Å². The van der Waals surface area contributed by atoms with Crippen LogP contribution in [-0.2, 0) is 4.74 Å². The fourth-order valence-corrected chi connectivity index (χ4v) is 3.54. The smallest absolute Gasteiger partial charge is 0.239 e. The maximum absolute atomic E-state index is 6.05. The van der Waals surface area contributed by atoms with E-state index in [1.807, 2.05) is 11.8 Å². The average Bonchev–Trinajstić information content (AvgIpc) is 2.87. The van der Waals surface area contributed by atoms with Gasteiger partial charge in [-0.05, 0) is 37.9 Å². The van der Waals surface area contributed by atoms with E-state index in [9.17, 15) is 0 Å². The second-order valence-corrected chi connectivity index (χ2v) is 6.65. The molecule has 3 rings (SSSR count). The maximum Gasteiger partial charge on any atom is 0.239 e. The lowest BCUT2D eigenvalue weighted by molar-refractivity contribution is -0.00549. The highest BCUT2D eigenvalue weighted by atomic mass is 32.2. The molecule has 0 bridgehead atoms. The molecule has 2 fully saturated rings. The minimum absolute atomic E-state index is 0.272. The van der Waals surface area contributed by atoms with Gasteiger partial charge < -0.3 is 15.0 Å². The number of aromatic nitrogens is 2. The Hall–Kier alpha value is -0.590. The summed E-state index contributed by atoms with van der Waals surface area (Å²) in [5, 5.41) is 4.36. The highest BCUT2D eigenvalue weighted by Gasteiger charge is 2.25. The van der Waals surface area contributed by atoms with Crippen LogP contribution in [0.3, 0.4) is 0 Å². The molecule has 1 saturated carbocycles. The molecule has 1 aromatic heterocycles. The summed E-state index contributed by atoms with van der Waals surface area (Å²) in [6, 6.07) is -0.272. The number of hydrogen-bond acceptors (Lipinski definition) is 6. The lowest BCUT2D eigenvalue weighted by Gasteiger charge is -2.26. The lowest BCUT2D eigenvalue weighted by atomic mass is 9.96. The molecule has 19 heavy (non-hydrogen) atoms. The number of ether oxygens (including phenoxy) is 1. The normalized spacial score (nSPS) is 26.1. The van der Waals surface area contributed by atoms with Crippen molar-refractivity contribution in [2.45, 2.75) is 55.9 Å². The maximum atomic E-state index is 6.05. The molecule has 1 saturated heterocycles. The molecule has 6 heteroatoms. The predicted octanol–water partition coefficient (Wildman–Crippen LogP) is 2.60. The summed E-state index contributed by atoms with van der Waals surface area (Å²) in [7, 11) is 0. The van der Waals surface area contributed by atoms with Crippen molar-refractivity contribution in [3.63, 3.8) is 0 Å². The standard InChI is InChI=1S/C13H21N3O2S/c14-10(8-17-9-4-3-5-9)12-15-13(18-16-12)11-6-1-2-7-19-11/h9-11H,1-8,14H2. The fraction of sp³-hybridized carbons (Fsp3) is 0.846. The van der Waals surface area contributed by atoms with Gasteiger partial charge in [-0.1, -0.05) is 11.6 Å². The van der Waals surface area contributed by atoms with Gasteiger partial charge in [0.25, 0.3) is 0 Å². The van der Waals surface area contributed by atoms with E-state index in [1.165, 1.54) is 25.0 Å². The van der Waals surface area contributed by atoms with E-state index < -0.39 is 0 Å². The van der Waals surface area contributed by atoms with Crippen LogP contribution in [0.4, 0.5) is 0 Å². The summed E-state index contributed by atoms with van der Waals surface area (Å²) in [5.41, 5.74) is 6.05. The van der Waals surface area contributed by atoms with E-state index in [-0.39, 0.29) is 6.04 Å². The number of hydrogen-bond donors (Lipinski definition) is 1. The van der Waals surface area contributed by atoms with Crippen LogP contribution >= 0.6 is 11.8 Å². The van der Waals surface area contributed by atoms with E-state index in [1.54, 1.807) is 0 Å². The van der Waals surface area contributed by atoms with Crippen LogP contribution < -0.4 is 5.73 Å². The van der Waals surface area contributed by atoms with Gasteiger partial charge in [0.15, 0.2) is 5.82 Å². The quantitative estimate of drug-likeness (QED) is 0.895. The summed E-state index contributed by atoms with van der Waals surface area (Å²) in [5.74, 6) is 2.50. The zero-order valence-corrected chi connectivity index (χ0v) is 11.9. The first-order valence-corrected chi connectivity index (χ1v) is 8.20. The Kier molecular flexibility index (Phi) is 4.40. The summed E-state index contributed by atoms with van der Waals surface area (Å²) in [6.07, 6.45) is 7.63. The third-order valence-electron chi connectivity index (χ3n) is 3.81. The van der Waals surface area contributed by atoms with Gasteiger partial charge in [0.2, 0.25) is 5.89 Å². The zero-order chi connectivity index (χ0) is 13.1. The highest BCUT2D eigenvalue weighted by Crippen LogP contribution is 2.37. The molecular weight excluding hydrogens is 262 g/mol. The van der Waals surface area contributed by atoms with Gasteiger partial charge in [-0.15, -0.1) is 11.8 Å². The Balaban J connectivity index is 1.53. The molecule has 2 N–H and O–H groups in total. The molecule has 106 valence electrons. The van der Waals surface area contributed by atoms with Crippen LogP contribution in [0.2, 0.25) is 0 Å². The fourth-order valence-electron chi connectivity index (χ4n) is 2.32. The molecule has 2 aliphatic rings. The van der Waals surface area contributed by atoms with Crippen molar-refractivity contribution < 1.29 is 9.26 Å². The first kappa shape index (κ1) is 13.4. The van der Waals surface area contributed by atoms with Crippen LogP contribution in [0, 0.1) is 0 Å². The second-order valence-electron chi connectivity index (χ2n) is 5.34. The molecule has 1 aliphatic heterocycles. The van der Waals surface area contributed by atoms with Crippen LogP contribution in [0.15, 0.2) is 4.52 Å². The number of thioether (sulfide) groups is 1. The Morgan fingerprint density at radius 1 is 1.32 bits per heavy atom. The molecular formula is C13H21N3O2S. The van der Waals surface area contributed by atoms with Gasteiger partial charge in [-0.25, -0.2) is 0 Å². The predicted molar refractivity (Wildman–Crippen MR) is 73.9 cm³/mol. The Bertz CT molecular complexity index is 402. The number of nitrogens with two attached hydrogens (primary N) is 1. The molecule has 0 amide bonds. The third-order valence-corrected chi connectivity index (χ3v) is 5.17. The minimum Gasteiger partial charge on any atom is -0.376 e. The van der Waals surface area contributed by atoms with Crippen LogP contribution in [0.25, 0.3) is 0 Å². The number of nitrogens with zero attached hydrogens (tertiary/aromatic N) is 2. The Labute approximate surface area is 117 Å². The van der Waals surface area contributed by atoms with Gasteiger partial charge >= 0.3 is 0 Å². The molecule has 0 aromatic carbocycles. The molecule has 2 heterocycles. The third kappa shape index (κ3) is 3.30. The lowest BCUT2D eigenvalue weighted by Crippen LogP contribution is -2.27. The van der Waals surface area contributed by atoms with Gasteiger partial charge in [-0.2, -0.15) is 4.98 Å². The largest absolute Gasteiger partial charge is 0.376 e. The summed E-state index contributed by atoms with van der Waals surface area (Å²) >= 11 is 1.90. The molecule has 2 unspecified atom stereocenters. The summed E-state index contributed by atoms with van der Waals surface area (Å²) in [4.78, 5) is 4.45. The second kappa shape index (κ2) is 6.24. The van der Waals surface area contributed by atoms with Crippen molar-refractivity contribution in [1.29, 1.82) is 0 Å². The van der Waals surface area contributed by atoms with E-state index in [2.05, 4.69) is 10.1 Å². The molecule has 0 spiro atoms. The van der Waals surface area contributed by atoms with E-state index in [4.69, 9.17) is 15.0 Å². The van der Waals surface area contributed by atoms with Gasteiger partial charge in [0, 0.05) is 0 Å². The molecule has 0 radical (unpaired) electrons. The minimum atomic E-state index is -0.272. The summed E-state index contributed by atoms with van der Waals surface area (Å²) in [6.45, 7) is 0.488. The van der Waals surface area contributed by atoms with Gasteiger partial charge in [0.05, 0.1) is 24.0 Å². The van der Waals surface area contributed by atoms with Crippen molar-refractivity contribution >= 4 is 11.8 Å². The van der Waals surface area contributed by atoms with Crippen molar-refractivity contribution in [3.05, 3.63) is 11.7 Å². The first-order chi connectivity index (χ1) is 9.33. The van der Waals surface area contributed by atoms with Gasteiger partial charge in [0.1, 0.15) is 0 Å². The van der Waals surface area contributed by atoms with Crippen molar-refractivity contribution in [2.75, 3.05) is 12.4 Å². The molecule has 2 atom stereocenters. The highest BCUT2D eigenvalue weighted by molar-refractivity contribution is 7.99. The van der Waals surface area contributed by atoms with E-state index in [0.717, 1.165) is 25.2 Å². The molecule has 1 aliphatic carbocycles. The topological polar surface area (TPSA) is 74.2 Å². The van der Waals surface area contributed by atoms with Crippen LogP contribution in [0.1, 0.15) is 61.5 Å². The SMILES string of the molecule is NC(COC1CCC1)c1noc(C2CCCCS2)n1. The van der Waals surface area contributed by atoms with Crippen molar-refractivity contribution in [1.82, 2.24) is 10.1 Å². The zero-order valence-electron chi connectivity index (χ0n) is 11.1. The van der Waals surface area contributed by atoms with Gasteiger partial charge in [-0.3, -0.25) is 0 Å². The molecule has 5 nitrogen and oxygen atoms in total.